The predicted molar refractivity (Wildman–Crippen MR) is 88.8 cm³/mol. The maximum atomic E-state index is 11.8. The molecule has 6 nitrogen and oxygen atoms in total. The standard InChI is InChI=1S/C16H22ClN3O3/c1-16(2,3)15(23)18-10-6-9-13(21)19-20-14(22)11-7-4-5-8-12(11)17/h4-5,7-8H,6,9-10H2,1-3H3,(H,18,23)(H,19,21)(H,20,22). The van der Waals surface area contributed by atoms with Crippen LogP contribution in [-0.4, -0.2) is 24.3 Å². The molecule has 0 aromatic heterocycles. The number of hydrogen-bond acceptors (Lipinski definition) is 3. The van der Waals surface area contributed by atoms with Gasteiger partial charge in [0.2, 0.25) is 11.8 Å². The summed E-state index contributed by atoms with van der Waals surface area (Å²) in [6.45, 7) is 5.86. The van der Waals surface area contributed by atoms with Crippen molar-refractivity contribution in [1.82, 2.24) is 16.2 Å². The van der Waals surface area contributed by atoms with Gasteiger partial charge in [0.1, 0.15) is 0 Å². The van der Waals surface area contributed by atoms with Crippen LogP contribution in [0.25, 0.3) is 0 Å². The van der Waals surface area contributed by atoms with Crippen molar-refractivity contribution in [3.05, 3.63) is 34.9 Å². The Morgan fingerprint density at radius 2 is 1.74 bits per heavy atom. The average molecular weight is 340 g/mol. The molecule has 0 radical (unpaired) electrons. The van der Waals surface area contributed by atoms with E-state index in [0.29, 0.717) is 18.0 Å². The molecule has 7 heteroatoms. The number of hydrazine groups is 1. The van der Waals surface area contributed by atoms with Crippen LogP contribution in [0.3, 0.4) is 0 Å². The maximum absolute atomic E-state index is 11.8. The van der Waals surface area contributed by atoms with E-state index in [1.165, 1.54) is 0 Å². The maximum Gasteiger partial charge on any atom is 0.271 e. The minimum Gasteiger partial charge on any atom is -0.356 e. The van der Waals surface area contributed by atoms with Gasteiger partial charge in [0.25, 0.3) is 5.91 Å². The minimum absolute atomic E-state index is 0.0649. The van der Waals surface area contributed by atoms with E-state index in [1.54, 1.807) is 24.3 Å². The Bertz CT molecular complexity index is 582. The molecule has 0 saturated carbocycles. The van der Waals surface area contributed by atoms with E-state index in [4.69, 9.17) is 11.6 Å². The summed E-state index contributed by atoms with van der Waals surface area (Å²) in [5.74, 6) is -0.884. The third kappa shape index (κ3) is 6.69. The first-order valence-corrected chi connectivity index (χ1v) is 7.71. The third-order valence-electron chi connectivity index (χ3n) is 2.98. The Balaban J connectivity index is 2.26. The van der Waals surface area contributed by atoms with E-state index in [0.717, 1.165) is 0 Å². The van der Waals surface area contributed by atoms with Crippen LogP contribution in [0.4, 0.5) is 0 Å². The van der Waals surface area contributed by atoms with Crippen LogP contribution >= 0.6 is 11.6 Å². The zero-order valence-electron chi connectivity index (χ0n) is 13.5. The zero-order chi connectivity index (χ0) is 17.5. The number of amides is 3. The molecular weight excluding hydrogens is 318 g/mol. The molecule has 1 aromatic carbocycles. The highest BCUT2D eigenvalue weighted by Gasteiger charge is 2.20. The van der Waals surface area contributed by atoms with Gasteiger partial charge in [0, 0.05) is 18.4 Å². The van der Waals surface area contributed by atoms with Gasteiger partial charge >= 0.3 is 0 Å². The molecule has 0 atom stereocenters. The van der Waals surface area contributed by atoms with Crippen molar-refractivity contribution in [3.63, 3.8) is 0 Å². The smallest absolute Gasteiger partial charge is 0.271 e. The second-order valence-corrected chi connectivity index (χ2v) is 6.50. The van der Waals surface area contributed by atoms with Gasteiger partial charge in [-0.2, -0.15) is 0 Å². The molecule has 0 aliphatic rings. The van der Waals surface area contributed by atoms with E-state index >= 15 is 0 Å². The lowest BCUT2D eigenvalue weighted by molar-refractivity contribution is -0.128. The molecule has 23 heavy (non-hydrogen) atoms. The molecule has 3 N–H and O–H groups in total. The van der Waals surface area contributed by atoms with Crippen molar-refractivity contribution < 1.29 is 14.4 Å². The van der Waals surface area contributed by atoms with Crippen molar-refractivity contribution in [2.24, 2.45) is 5.41 Å². The van der Waals surface area contributed by atoms with Crippen molar-refractivity contribution in [1.29, 1.82) is 0 Å². The van der Waals surface area contributed by atoms with E-state index < -0.39 is 11.3 Å². The number of nitrogens with one attached hydrogen (secondary N) is 3. The molecule has 1 aromatic rings. The lowest BCUT2D eigenvalue weighted by Gasteiger charge is -2.17. The molecule has 0 aliphatic carbocycles. The van der Waals surface area contributed by atoms with Crippen molar-refractivity contribution in [2.75, 3.05) is 6.54 Å². The van der Waals surface area contributed by atoms with Gasteiger partial charge in [-0.25, -0.2) is 0 Å². The molecular formula is C16H22ClN3O3. The largest absolute Gasteiger partial charge is 0.356 e. The fourth-order valence-electron chi connectivity index (χ4n) is 1.62. The highest BCUT2D eigenvalue weighted by Crippen LogP contribution is 2.14. The summed E-state index contributed by atoms with van der Waals surface area (Å²) in [5.41, 5.74) is 4.45. The summed E-state index contributed by atoms with van der Waals surface area (Å²) >= 11 is 5.89. The zero-order valence-corrected chi connectivity index (χ0v) is 14.3. The van der Waals surface area contributed by atoms with Gasteiger partial charge in [-0.3, -0.25) is 25.2 Å². The first-order valence-electron chi connectivity index (χ1n) is 7.34. The van der Waals surface area contributed by atoms with Crippen LogP contribution in [0.1, 0.15) is 44.0 Å². The number of hydrogen-bond donors (Lipinski definition) is 3. The van der Waals surface area contributed by atoms with E-state index in [1.807, 2.05) is 20.8 Å². The summed E-state index contributed by atoms with van der Waals surface area (Å²) in [6, 6.07) is 6.55. The first-order chi connectivity index (χ1) is 10.7. The monoisotopic (exact) mass is 339 g/mol. The van der Waals surface area contributed by atoms with Crippen LogP contribution < -0.4 is 16.2 Å². The van der Waals surface area contributed by atoms with Gasteiger partial charge in [-0.15, -0.1) is 0 Å². The molecule has 0 bridgehead atoms. The van der Waals surface area contributed by atoms with Crippen LogP contribution in [0.2, 0.25) is 5.02 Å². The van der Waals surface area contributed by atoms with Gasteiger partial charge < -0.3 is 5.32 Å². The Kier molecular flexibility index (Phi) is 7.03. The van der Waals surface area contributed by atoms with E-state index in [9.17, 15) is 14.4 Å². The Hall–Kier alpha value is -2.08. The summed E-state index contributed by atoms with van der Waals surface area (Å²) in [6.07, 6.45) is 0.669. The molecule has 0 heterocycles. The Labute approximate surface area is 140 Å². The van der Waals surface area contributed by atoms with E-state index in [2.05, 4.69) is 16.2 Å². The highest BCUT2D eigenvalue weighted by atomic mass is 35.5. The number of halogens is 1. The number of carbonyl (C=O) groups is 3. The SMILES string of the molecule is CC(C)(C)C(=O)NCCCC(=O)NNC(=O)c1ccccc1Cl. The molecule has 1 rings (SSSR count). The molecule has 0 fully saturated rings. The van der Waals surface area contributed by atoms with Gasteiger partial charge in [0.05, 0.1) is 10.6 Å². The van der Waals surface area contributed by atoms with Crippen molar-refractivity contribution in [2.45, 2.75) is 33.6 Å². The average Bonchev–Trinajstić information content (AvgIpc) is 2.48. The summed E-state index contributed by atoms with van der Waals surface area (Å²) in [5, 5.41) is 3.06. The van der Waals surface area contributed by atoms with Crippen LogP contribution in [0.15, 0.2) is 24.3 Å². The van der Waals surface area contributed by atoms with Crippen molar-refractivity contribution in [3.8, 4) is 0 Å². The molecule has 0 unspecified atom stereocenters. The molecule has 0 spiro atoms. The lowest BCUT2D eigenvalue weighted by atomic mass is 9.96. The summed E-state index contributed by atoms with van der Waals surface area (Å²) in [7, 11) is 0. The fraction of sp³-hybridized carbons (Fsp3) is 0.438. The molecule has 3 amide bonds. The number of benzene rings is 1. The van der Waals surface area contributed by atoms with E-state index in [-0.39, 0.29) is 23.8 Å². The molecule has 0 saturated heterocycles. The molecule has 126 valence electrons. The topological polar surface area (TPSA) is 87.3 Å². The van der Waals surface area contributed by atoms with Crippen molar-refractivity contribution >= 4 is 29.3 Å². The minimum atomic E-state index is -0.481. The second kappa shape index (κ2) is 8.53. The molecule has 0 aliphatic heterocycles. The first kappa shape index (κ1) is 19.0. The van der Waals surface area contributed by atoms with Crippen LogP contribution in [-0.2, 0) is 9.59 Å². The number of rotatable bonds is 5. The Morgan fingerprint density at radius 1 is 1.09 bits per heavy atom. The summed E-state index contributed by atoms with van der Waals surface area (Å²) in [4.78, 5) is 35.1. The quantitative estimate of drug-likeness (QED) is 0.566. The van der Waals surface area contributed by atoms with Crippen LogP contribution in [0.5, 0.6) is 0 Å². The summed E-state index contributed by atoms with van der Waals surface area (Å²) < 4.78 is 0. The van der Waals surface area contributed by atoms with Crippen LogP contribution in [0, 0.1) is 5.41 Å². The van der Waals surface area contributed by atoms with Gasteiger partial charge in [-0.05, 0) is 18.6 Å². The second-order valence-electron chi connectivity index (χ2n) is 6.09. The predicted octanol–water partition coefficient (Wildman–Crippen LogP) is 2.04. The van der Waals surface area contributed by atoms with Gasteiger partial charge in [-0.1, -0.05) is 44.5 Å². The Morgan fingerprint density at radius 3 is 2.35 bits per heavy atom. The van der Waals surface area contributed by atoms with Gasteiger partial charge in [0.15, 0.2) is 0 Å². The fourth-order valence-corrected chi connectivity index (χ4v) is 1.84. The lowest BCUT2D eigenvalue weighted by Crippen LogP contribution is -2.42. The third-order valence-corrected chi connectivity index (χ3v) is 3.31. The number of carbonyl (C=O) groups excluding carboxylic acids is 3. The normalized spacial score (nSPS) is 10.8. The highest BCUT2D eigenvalue weighted by molar-refractivity contribution is 6.33.